The van der Waals surface area contributed by atoms with Crippen molar-refractivity contribution in [3.63, 3.8) is 0 Å². The number of rotatable bonds is 2. The summed E-state index contributed by atoms with van der Waals surface area (Å²) in [6.45, 7) is 2.74. The van der Waals surface area contributed by atoms with Gasteiger partial charge in [-0.05, 0) is 17.5 Å². The SMILES string of the molecule is O=C(c1ccncc1Cl)N1CCN(c2ncnc3ccsc23)CC1. The van der Waals surface area contributed by atoms with Gasteiger partial charge in [-0.1, -0.05) is 11.6 Å². The Bertz CT molecular complexity index is 891. The van der Waals surface area contributed by atoms with Gasteiger partial charge in [0.1, 0.15) is 12.1 Å². The molecule has 0 N–H and O–H groups in total. The third-order valence-corrected chi connectivity index (χ3v) is 5.29. The lowest BCUT2D eigenvalue weighted by atomic mass is 10.2. The molecule has 8 heteroatoms. The number of hydrogen-bond acceptors (Lipinski definition) is 6. The summed E-state index contributed by atoms with van der Waals surface area (Å²) in [5.41, 5.74) is 1.47. The van der Waals surface area contributed by atoms with Crippen LogP contribution in [0, 0.1) is 0 Å². The van der Waals surface area contributed by atoms with E-state index in [9.17, 15) is 4.79 Å². The van der Waals surface area contributed by atoms with Crippen LogP contribution in [0.25, 0.3) is 10.2 Å². The van der Waals surface area contributed by atoms with Crippen LogP contribution in [-0.2, 0) is 0 Å². The summed E-state index contributed by atoms with van der Waals surface area (Å²) >= 11 is 7.72. The molecule has 0 unspecified atom stereocenters. The molecule has 0 bridgehead atoms. The van der Waals surface area contributed by atoms with Crippen molar-refractivity contribution in [2.75, 3.05) is 31.1 Å². The quantitative estimate of drug-likeness (QED) is 0.704. The first-order chi connectivity index (χ1) is 11.7. The van der Waals surface area contributed by atoms with Gasteiger partial charge in [0.05, 0.1) is 20.8 Å². The van der Waals surface area contributed by atoms with Crippen LogP contribution in [-0.4, -0.2) is 51.9 Å². The molecule has 0 aromatic carbocycles. The second-order valence-electron chi connectivity index (χ2n) is 5.47. The minimum atomic E-state index is -0.0500. The molecule has 0 spiro atoms. The fourth-order valence-electron chi connectivity index (χ4n) is 2.84. The Hall–Kier alpha value is -2.25. The highest BCUT2D eigenvalue weighted by molar-refractivity contribution is 7.17. The molecule has 4 rings (SSSR count). The molecule has 1 saturated heterocycles. The van der Waals surface area contributed by atoms with E-state index in [-0.39, 0.29) is 5.91 Å². The fraction of sp³-hybridized carbons (Fsp3) is 0.250. The lowest BCUT2D eigenvalue weighted by Crippen LogP contribution is -2.49. The highest BCUT2D eigenvalue weighted by Gasteiger charge is 2.25. The summed E-state index contributed by atoms with van der Waals surface area (Å²) in [5.74, 6) is 0.898. The Morgan fingerprint density at radius 2 is 2.00 bits per heavy atom. The van der Waals surface area contributed by atoms with Crippen molar-refractivity contribution in [1.29, 1.82) is 0 Å². The number of amides is 1. The molecule has 6 nitrogen and oxygen atoms in total. The second-order valence-corrected chi connectivity index (χ2v) is 6.79. The van der Waals surface area contributed by atoms with E-state index in [1.54, 1.807) is 29.9 Å². The zero-order valence-corrected chi connectivity index (χ0v) is 14.3. The molecule has 3 aromatic heterocycles. The molecule has 1 aliphatic rings. The van der Waals surface area contributed by atoms with E-state index in [2.05, 4.69) is 19.9 Å². The van der Waals surface area contributed by atoms with Crippen LogP contribution in [0.3, 0.4) is 0 Å². The van der Waals surface area contributed by atoms with E-state index >= 15 is 0 Å². The summed E-state index contributed by atoms with van der Waals surface area (Å²) in [6.07, 6.45) is 4.68. The van der Waals surface area contributed by atoms with Gasteiger partial charge in [-0.2, -0.15) is 0 Å². The van der Waals surface area contributed by atoms with Gasteiger partial charge in [0.2, 0.25) is 0 Å². The molecule has 24 heavy (non-hydrogen) atoms. The lowest BCUT2D eigenvalue weighted by Gasteiger charge is -2.35. The third kappa shape index (κ3) is 2.70. The number of halogens is 1. The van der Waals surface area contributed by atoms with E-state index in [0.717, 1.165) is 29.1 Å². The summed E-state index contributed by atoms with van der Waals surface area (Å²) in [7, 11) is 0. The van der Waals surface area contributed by atoms with Crippen LogP contribution in [0.5, 0.6) is 0 Å². The van der Waals surface area contributed by atoms with Gasteiger partial charge in [0, 0.05) is 38.6 Å². The van der Waals surface area contributed by atoms with Gasteiger partial charge in [0.15, 0.2) is 0 Å². The van der Waals surface area contributed by atoms with Gasteiger partial charge in [-0.25, -0.2) is 9.97 Å². The molecule has 0 saturated carbocycles. The Balaban J connectivity index is 1.50. The molecule has 0 radical (unpaired) electrons. The van der Waals surface area contributed by atoms with Crippen molar-refractivity contribution in [3.05, 3.63) is 46.8 Å². The maximum atomic E-state index is 12.6. The molecule has 4 heterocycles. The topological polar surface area (TPSA) is 62.2 Å². The summed E-state index contributed by atoms with van der Waals surface area (Å²) in [6, 6.07) is 3.66. The predicted molar refractivity (Wildman–Crippen MR) is 94.8 cm³/mol. The number of carbonyl (C=O) groups excluding carboxylic acids is 1. The van der Waals surface area contributed by atoms with Gasteiger partial charge in [0.25, 0.3) is 5.91 Å². The average Bonchev–Trinajstić information content (AvgIpc) is 3.10. The van der Waals surface area contributed by atoms with Crippen LogP contribution in [0.2, 0.25) is 5.02 Å². The number of aromatic nitrogens is 3. The summed E-state index contributed by atoms with van der Waals surface area (Å²) < 4.78 is 1.09. The van der Waals surface area contributed by atoms with Gasteiger partial charge in [-0.3, -0.25) is 9.78 Å². The molecule has 1 fully saturated rings. The Morgan fingerprint density at radius 3 is 2.79 bits per heavy atom. The van der Waals surface area contributed by atoms with Crippen molar-refractivity contribution in [3.8, 4) is 0 Å². The number of piperazine rings is 1. The number of thiophene rings is 1. The van der Waals surface area contributed by atoms with E-state index in [1.165, 1.54) is 6.20 Å². The van der Waals surface area contributed by atoms with Crippen LogP contribution >= 0.6 is 22.9 Å². The lowest BCUT2D eigenvalue weighted by molar-refractivity contribution is 0.0746. The van der Waals surface area contributed by atoms with Crippen molar-refractivity contribution in [2.24, 2.45) is 0 Å². The monoisotopic (exact) mass is 359 g/mol. The Morgan fingerprint density at radius 1 is 1.17 bits per heavy atom. The van der Waals surface area contributed by atoms with E-state index in [4.69, 9.17) is 11.6 Å². The molecular weight excluding hydrogens is 346 g/mol. The fourth-order valence-corrected chi connectivity index (χ4v) is 3.90. The maximum Gasteiger partial charge on any atom is 0.255 e. The Kier molecular flexibility index (Phi) is 4.03. The number of anilines is 1. The number of hydrogen-bond donors (Lipinski definition) is 0. The minimum absolute atomic E-state index is 0.0500. The van der Waals surface area contributed by atoms with E-state index < -0.39 is 0 Å². The van der Waals surface area contributed by atoms with Gasteiger partial charge in [-0.15, -0.1) is 11.3 Å². The molecule has 0 atom stereocenters. The van der Waals surface area contributed by atoms with Crippen LogP contribution in [0.1, 0.15) is 10.4 Å². The van der Waals surface area contributed by atoms with Gasteiger partial charge < -0.3 is 9.80 Å². The first-order valence-corrected chi connectivity index (χ1v) is 8.82. The number of fused-ring (bicyclic) bond motifs is 1. The zero-order valence-electron chi connectivity index (χ0n) is 12.7. The highest BCUT2D eigenvalue weighted by Crippen LogP contribution is 2.28. The zero-order chi connectivity index (χ0) is 16.5. The van der Waals surface area contributed by atoms with Crippen LogP contribution < -0.4 is 4.90 Å². The highest BCUT2D eigenvalue weighted by atomic mass is 35.5. The largest absolute Gasteiger partial charge is 0.352 e. The second kappa shape index (κ2) is 6.33. The molecule has 0 aliphatic carbocycles. The number of pyridine rings is 1. The van der Waals surface area contributed by atoms with Crippen LogP contribution in [0.15, 0.2) is 36.2 Å². The van der Waals surface area contributed by atoms with E-state index in [1.807, 2.05) is 16.3 Å². The standard InChI is InChI=1S/C16H14ClN5OS/c17-12-9-18-3-1-11(12)16(23)22-6-4-21(5-7-22)15-14-13(2-8-24-14)19-10-20-15/h1-3,8-10H,4-7H2. The predicted octanol–water partition coefficient (Wildman–Crippen LogP) is 2.70. The molecule has 1 amide bonds. The third-order valence-electron chi connectivity index (χ3n) is 4.09. The first kappa shape index (κ1) is 15.3. The average molecular weight is 360 g/mol. The minimum Gasteiger partial charge on any atom is -0.352 e. The first-order valence-electron chi connectivity index (χ1n) is 7.56. The van der Waals surface area contributed by atoms with E-state index in [0.29, 0.717) is 23.7 Å². The summed E-state index contributed by atoms with van der Waals surface area (Å²) in [4.78, 5) is 29.3. The Labute approximate surface area is 147 Å². The molecule has 1 aliphatic heterocycles. The molecule has 3 aromatic rings. The van der Waals surface area contributed by atoms with Crippen LogP contribution in [0.4, 0.5) is 5.82 Å². The number of carbonyl (C=O) groups is 1. The number of nitrogens with zero attached hydrogens (tertiary/aromatic N) is 5. The van der Waals surface area contributed by atoms with Crippen molar-refractivity contribution in [2.45, 2.75) is 0 Å². The van der Waals surface area contributed by atoms with Gasteiger partial charge >= 0.3 is 0 Å². The van der Waals surface area contributed by atoms with Crippen molar-refractivity contribution >= 4 is 44.9 Å². The summed E-state index contributed by atoms with van der Waals surface area (Å²) in [5, 5.41) is 2.41. The normalized spacial score (nSPS) is 15.0. The van der Waals surface area contributed by atoms with Crippen molar-refractivity contribution < 1.29 is 4.79 Å². The molecule has 122 valence electrons. The van der Waals surface area contributed by atoms with Crippen molar-refractivity contribution in [1.82, 2.24) is 19.9 Å². The maximum absolute atomic E-state index is 12.6. The smallest absolute Gasteiger partial charge is 0.255 e. The molecular formula is C16H14ClN5OS.